The van der Waals surface area contributed by atoms with Crippen molar-refractivity contribution in [2.75, 3.05) is 6.54 Å². The third-order valence-electron chi connectivity index (χ3n) is 3.40. The quantitative estimate of drug-likeness (QED) is 0.772. The fraction of sp³-hybridized carbons (Fsp3) is 0.176. The molecule has 0 aromatic heterocycles. The van der Waals surface area contributed by atoms with Crippen molar-refractivity contribution >= 4 is 23.5 Å². The molecule has 0 bridgehead atoms. The van der Waals surface area contributed by atoms with Crippen molar-refractivity contribution in [1.82, 2.24) is 5.32 Å². The van der Waals surface area contributed by atoms with Gasteiger partial charge in [-0.1, -0.05) is 23.7 Å². The smallest absolute Gasteiger partial charge is 0.322 e. The molecule has 0 saturated carbocycles. The van der Waals surface area contributed by atoms with Gasteiger partial charge in [0.15, 0.2) is 0 Å². The Hall–Kier alpha value is -2.44. The highest BCUT2D eigenvalue weighted by Gasteiger charge is 2.15. The SMILES string of the molecule is Cc1ccc(-c2cc(F)cc(C(=O)NC[C@@H](N)C(=O)O)c2)c(Cl)c1. The van der Waals surface area contributed by atoms with Crippen LogP contribution >= 0.6 is 11.6 Å². The number of hydrogen-bond donors (Lipinski definition) is 3. The number of carbonyl (C=O) groups is 2. The summed E-state index contributed by atoms with van der Waals surface area (Å²) >= 11 is 6.18. The van der Waals surface area contributed by atoms with Gasteiger partial charge in [-0.3, -0.25) is 9.59 Å². The number of carboxylic acids is 1. The van der Waals surface area contributed by atoms with E-state index in [1.807, 2.05) is 13.0 Å². The van der Waals surface area contributed by atoms with Gasteiger partial charge < -0.3 is 16.2 Å². The predicted octanol–water partition coefficient (Wildman–Crippen LogP) is 2.60. The monoisotopic (exact) mass is 350 g/mol. The number of nitrogens with one attached hydrogen (secondary N) is 1. The lowest BCUT2D eigenvalue weighted by atomic mass is 10.0. The van der Waals surface area contributed by atoms with Crippen LogP contribution in [0, 0.1) is 12.7 Å². The molecule has 4 N–H and O–H groups in total. The Morgan fingerprint density at radius 3 is 2.62 bits per heavy atom. The molecule has 2 aromatic carbocycles. The number of amides is 1. The molecule has 0 radical (unpaired) electrons. The van der Waals surface area contributed by atoms with E-state index in [1.165, 1.54) is 12.1 Å². The number of benzene rings is 2. The van der Waals surface area contributed by atoms with E-state index in [0.29, 0.717) is 16.1 Å². The van der Waals surface area contributed by atoms with Crippen molar-refractivity contribution in [3.05, 3.63) is 58.4 Å². The van der Waals surface area contributed by atoms with Crippen LogP contribution < -0.4 is 11.1 Å². The normalized spacial score (nSPS) is 11.8. The van der Waals surface area contributed by atoms with Gasteiger partial charge in [-0.2, -0.15) is 0 Å². The summed E-state index contributed by atoms with van der Waals surface area (Å²) in [6.45, 7) is 1.62. The third-order valence-corrected chi connectivity index (χ3v) is 3.71. The maximum absolute atomic E-state index is 13.9. The van der Waals surface area contributed by atoms with Gasteiger partial charge in [0.1, 0.15) is 11.9 Å². The molecule has 5 nitrogen and oxygen atoms in total. The molecule has 7 heteroatoms. The summed E-state index contributed by atoms with van der Waals surface area (Å²) in [6.07, 6.45) is 0. The van der Waals surface area contributed by atoms with E-state index in [0.717, 1.165) is 11.6 Å². The summed E-state index contributed by atoms with van der Waals surface area (Å²) in [7, 11) is 0. The number of carbonyl (C=O) groups excluding carboxylic acids is 1. The summed E-state index contributed by atoms with van der Waals surface area (Å²) in [5.41, 5.74) is 7.38. The van der Waals surface area contributed by atoms with Crippen LogP contribution in [0.15, 0.2) is 36.4 Å². The Balaban J connectivity index is 2.28. The number of carboxylic acid groups (broad SMARTS) is 1. The first-order valence-corrected chi connectivity index (χ1v) is 7.49. The Kier molecular flexibility index (Phi) is 5.54. The summed E-state index contributed by atoms with van der Waals surface area (Å²) in [6, 6.07) is 7.92. The minimum Gasteiger partial charge on any atom is -0.480 e. The van der Waals surface area contributed by atoms with Crippen LogP contribution in [-0.4, -0.2) is 29.6 Å². The van der Waals surface area contributed by atoms with E-state index < -0.39 is 23.7 Å². The molecule has 0 aliphatic rings. The first-order valence-electron chi connectivity index (χ1n) is 7.11. The second-order valence-electron chi connectivity index (χ2n) is 5.37. The summed E-state index contributed by atoms with van der Waals surface area (Å²) < 4.78 is 13.9. The van der Waals surface area contributed by atoms with Crippen molar-refractivity contribution in [3.8, 4) is 11.1 Å². The highest BCUT2D eigenvalue weighted by atomic mass is 35.5. The Labute approximate surface area is 143 Å². The Morgan fingerprint density at radius 2 is 2.00 bits per heavy atom. The molecule has 0 fully saturated rings. The molecule has 2 rings (SSSR count). The van der Waals surface area contributed by atoms with Crippen LogP contribution in [0.3, 0.4) is 0 Å². The lowest BCUT2D eigenvalue weighted by Crippen LogP contribution is -2.42. The van der Waals surface area contributed by atoms with Crippen LogP contribution in [0.25, 0.3) is 11.1 Å². The number of aryl methyl sites for hydroxylation is 1. The number of hydrogen-bond acceptors (Lipinski definition) is 3. The lowest BCUT2D eigenvalue weighted by molar-refractivity contribution is -0.138. The van der Waals surface area contributed by atoms with Gasteiger partial charge in [0.25, 0.3) is 5.91 Å². The molecule has 24 heavy (non-hydrogen) atoms. The summed E-state index contributed by atoms with van der Waals surface area (Å²) in [4.78, 5) is 22.7. The molecule has 2 aromatic rings. The molecule has 0 aliphatic carbocycles. The molecule has 126 valence electrons. The van der Waals surface area contributed by atoms with E-state index >= 15 is 0 Å². The second kappa shape index (κ2) is 7.42. The van der Waals surface area contributed by atoms with E-state index in [2.05, 4.69) is 5.32 Å². The molecule has 0 saturated heterocycles. The van der Waals surface area contributed by atoms with Gasteiger partial charge in [0.05, 0.1) is 0 Å². The molecule has 1 atom stereocenters. The van der Waals surface area contributed by atoms with Crippen molar-refractivity contribution in [2.24, 2.45) is 5.73 Å². The fourth-order valence-corrected chi connectivity index (χ4v) is 2.47. The van der Waals surface area contributed by atoms with Crippen molar-refractivity contribution < 1.29 is 19.1 Å². The van der Waals surface area contributed by atoms with Gasteiger partial charge in [-0.05, 0) is 42.3 Å². The highest BCUT2D eigenvalue weighted by Crippen LogP contribution is 2.30. The molecule has 0 unspecified atom stereocenters. The fourth-order valence-electron chi connectivity index (χ4n) is 2.12. The maximum atomic E-state index is 13.9. The zero-order valence-corrected chi connectivity index (χ0v) is 13.6. The molecule has 0 aliphatic heterocycles. The zero-order chi connectivity index (χ0) is 17.9. The van der Waals surface area contributed by atoms with Gasteiger partial charge >= 0.3 is 5.97 Å². The Bertz CT molecular complexity index is 795. The average molecular weight is 351 g/mol. The van der Waals surface area contributed by atoms with Crippen LogP contribution in [-0.2, 0) is 4.79 Å². The van der Waals surface area contributed by atoms with Crippen LogP contribution in [0.5, 0.6) is 0 Å². The molecule has 0 heterocycles. The maximum Gasteiger partial charge on any atom is 0.322 e. The van der Waals surface area contributed by atoms with Crippen molar-refractivity contribution in [2.45, 2.75) is 13.0 Å². The number of rotatable bonds is 5. The van der Waals surface area contributed by atoms with Gasteiger partial charge in [-0.25, -0.2) is 4.39 Å². The number of aliphatic carboxylic acids is 1. The first-order chi connectivity index (χ1) is 11.3. The summed E-state index contributed by atoms with van der Waals surface area (Å²) in [5.74, 6) is -2.45. The second-order valence-corrected chi connectivity index (χ2v) is 5.77. The predicted molar refractivity (Wildman–Crippen MR) is 89.5 cm³/mol. The molecular weight excluding hydrogens is 335 g/mol. The van der Waals surface area contributed by atoms with Crippen LogP contribution in [0.1, 0.15) is 15.9 Å². The minimum absolute atomic E-state index is 0.0548. The number of halogens is 2. The molecule has 0 spiro atoms. The van der Waals surface area contributed by atoms with Gasteiger partial charge in [-0.15, -0.1) is 0 Å². The van der Waals surface area contributed by atoms with E-state index in [9.17, 15) is 14.0 Å². The average Bonchev–Trinajstić information content (AvgIpc) is 2.51. The van der Waals surface area contributed by atoms with Crippen molar-refractivity contribution in [1.29, 1.82) is 0 Å². The standard InChI is InChI=1S/C17H16ClFN2O3/c1-9-2-3-13(14(18)4-9)10-5-11(7-12(19)6-10)16(22)21-8-15(20)17(23)24/h2-7,15H,8,20H2,1H3,(H,21,22)(H,23,24)/t15-/m1/s1. The highest BCUT2D eigenvalue weighted by molar-refractivity contribution is 6.33. The summed E-state index contributed by atoms with van der Waals surface area (Å²) in [5, 5.41) is 11.5. The molecular formula is C17H16ClFN2O3. The van der Waals surface area contributed by atoms with E-state index in [-0.39, 0.29) is 12.1 Å². The first kappa shape index (κ1) is 17.9. The van der Waals surface area contributed by atoms with E-state index in [4.69, 9.17) is 22.4 Å². The van der Waals surface area contributed by atoms with Gasteiger partial charge in [0, 0.05) is 22.7 Å². The Morgan fingerprint density at radius 1 is 1.29 bits per heavy atom. The van der Waals surface area contributed by atoms with Crippen LogP contribution in [0.4, 0.5) is 4.39 Å². The lowest BCUT2D eigenvalue weighted by Gasteiger charge is -2.11. The van der Waals surface area contributed by atoms with Gasteiger partial charge in [0.2, 0.25) is 0 Å². The van der Waals surface area contributed by atoms with Crippen molar-refractivity contribution in [3.63, 3.8) is 0 Å². The van der Waals surface area contributed by atoms with Crippen LogP contribution in [0.2, 0.25) is 5.02 Å². The molecule has 1 amide bonds. The minimum atomic E-state index is -1.23. The number of nitrogens with two attached hydrogens (primary N) is 1. The zero-order valence-electron chi connectivity index (χ0n) is 12.8. The third kappa shape index (κ3) is 4.31. The van der Waals surface area contributed by atoms with E-state index in [1.54, 1.807) is 12.1 Å². The largest absolute Gasteiger partial charge is 0.480 e. The topological polar surface area (TPSA) is 92.4 Å².